The number of nitrogens with one attached hydrogen (secondary N) is 1. The van der Waals surface area contributed by atoms with Crippen LogP contribution in [0.25, 0.3) is 0 Å². The number of hydrogen-bond donors (Lipinski definition) is 3. The summed E-state index contributed by atoms with van der Waals surface area (Å²) in [5, 5.41) is 22.2. The Morgan fingerprint density at radius 2 is 2.03 bits per heavy atom. The second kappa shape index (κ2) is 14.2. The summed E-state index contributed by atoms with van der Waals surface area (Å²) in [5.41, 5.74) is 0.368. The topological polar surface area (TPSA) is 104 Å². The van der Waals surface area contributed by atoms with Crippen molar-refractivity contribution < 1.29 is 24.6 Å². The maximum Gasteiger partial charge on any atom is 0.339 e. The van der Waals surface area contributed by atoms with Gasteiger partial charge in [0.05, 0.1) is 5.75 Å². The van der Waals surface area contributed by atoms with E-state index in [-0.39, 0.29) is 29.4 Å². The van der Waals surface area contributed by atoms with Gasteiger partial charge in [-0.15, -0.1) is 0 Å². The number of carbonyl (C=O) groups excluding carboxylic acids is 2. The number of phenols is 1. The lowest BCUT2D eigenvalue weighted by molar-refractivity contribution is -0.121. The molecule has 1 aromatic rings. The Balaban J connectivity index is 1.48. The average molecular weight is 490 g/mol. The van der Waals surface area contributed by atoms with Crippen molar-refractivity contribution in [3.63, 3.8) is 0 Å². The van der Waals surface area contributed by atoms with Gasteiger partial charge in [-0.2, -0.15) is 0 Å². The molecule has 1 aliphatic rings. The van der Waals surface area contributed by atoms with Crippen molar-refractivity contribution in [2.45, 2.75) is 43.8 Å². The third-order valence-electron chi connectivity index (χ3n) is 4.41. The highest BCUT2D eigenvalue weighted by Crippen LogP contribution is 2.39. The van der Waals surface area contributed by atoms with Crippen LogP contribution in [0.15, 0.2) is 18.2 Å². The third-order valence-corrected chi connectivity index (χ3v) is 9.75. The molecular formula is C20H27NO5S4. The van der Waals surface area contributed by atoms with Crippen molar-refractivity contribution in [2.75, 3.05) is 23.8 Å². The number of aromatic hydroxyl groups is 1. The van der Waals surface area contributed by atoms with Crippen molar-refractivity contribution in [3.8, 4) is 5.75 Å². The molecular weight excluding hydrogens is 462 g/mol. The molecule has 0 aromatic heterocycles. The first-order chi connectivity index (χ1) is 14.5. The van der Waals surface area contributed by atoms with Crippen LogP contribution in [-0.4, -0.2) is 56.9 Å². The SMILES string of the molecule is O=C(CSSCCNC(=O)CCCCC1CCSS1)Cc1ccc(O)c(C(=O)O)c1. The Morgan fingerprint density at radius 3 is 2.77 bits per heavy atom. The van der Waals surface area contributed by atoms with Crippen LogP contribution in [0.3, 0.4) is 0 Å². The summed E-state index contributed by atoms with van der Waals surface area (Å²) in [4.78, 5) is 34.9. The molecule has 0 bridgehead atoms. The van der Waals surface area contributed by atoms with Crippen LogP contribution >= 0.6 is 43.2 Å². The number of carboxylic acids is 1. The van der Waals surface area contributed by atoms with Crippen molar-refractivity contribution in [2.24, 2.45) is 0 Å². The molecule has 1 aromatic carbocycles. The van der Waals surface area contributed by atoms with E-state index in [0.717, 1.165) is 23.8 Å². The smallest absolute Gasteiger partial charge is 0.339 e. The van der Waals surface area contributed by atoms with E-state index in [1.165, 1.54) is 52.3 Å². The van der Waals surface area contributed by atoms with Gasteiger partial charge in [0, 0.05) is 36.1 Å². The van der Waals surface area contributed by atoms with Gasteiger partial charge in [-0.05, 0) is 37.0 Å². The van der Waals surface area contributed by atoms with E-state index < -0.39 is 5.97 Å². The van der Waals surface area contributed by atoms with Gasteiger partial charge in [-0.3, -0.25) is 9.59 Å². The van der Waals surface area contributed by atoms with Crippen molar-refractivity contribution in [1.82, 2.24) is 5.32 Å². The van der Waals surface area contributed by atoms with E-state index in [2.05, 4.69) is 5.32 Å². The summed E-state index contributed by atoms with van der Waals surface area (Å²) in [6.07, 6.45) is 5.23. The molecule has 1 unspecified atom stereocenters. The first kappa shape index (κ1) is 25.3. The Morgan fingerprint density at radius 1 is 1.20 bits per heavy atom. The van der Waals surface area contributed by atoms with Crippen LogP contribution in [0.2, 0.25) is 0 Å². The number of amides is 1. The lowest BCUT2D eigenvalue weighted by atomic mass is 10.1. The van der Waals surface area contributed by atoms with Gasteiger partial charge < -0.3 is 15.5 Å². The maximum absolute atomic E-state index is 12.0. The molecule has 166 valence electrons. The van der Waals surface area contributed by atoms with Gasteiger partial charge in [0.25, 0.3) is 0 Å². The molecule has 1 fully saturated rings. The van der Waals surface area contributed by atoms with Crippen LogP contribution in [0.4, 0.5) is 0 Å². The molecule has 3 N–H and O–H groups in total. The summed E-state index contributed by atoms with van der Waals surface area (Å²) < 4.78 is 0. The molecule has 0 saturated carbocycles. The number of unbranched alkanes of at least 4 members (excludes halogenated alkanes) is 1. The fourth-order valence-electron chi connectivity index (χ4n) is 2.85. The molecule has 2 rings (SSSR count). The summed E-state index contributed by atoms with van der Waals surface area (Å²) in [5.74, 6) is 0.823. The number of carboxylic acid groups (broad SMARTS) is 1. The van der Waals surface area contributed by atoms with Crippen molar-refractivity contribution in [3.05, 3.63) is 29.3 Å². The fraction of sp³-hybridized carbons (Fsp3) is 0.550. The Bertz CT molecular complexity index is 725. The predicted molar refractivity (Wildman–Crippen MR) is 129 cm³/mol. The van der Waals surface area contributed by atoms with Gasteiger partial charge in [0.2, 0.25) is 5.91 Å². The molecule has 0 radical (unpaired) electrons. The fourth-order valence-corrected chi connectivity index (χ4v) is 7.75. The highest BCUT2D eigenvalue weighted by Gasteiger charge is 2.16. The number of Topliss-reactive ketones (excluding diaryl/α,β-unsaturated/α-hetero) is 1. The minimum absolute atomic E-state index is 0.0163. The highest BCUT2D eigenvalue weighted by molar-refractivity contribution is 8.77. The zero-order chi connectivity index (χ0) is 21.8. The first-order valence-corrected chi connectivity index (χ1v) is 14.7. The number of aromatic carboxylic acids is 1. The van der Waals surface area contributed by atoms with Gasteiger partial charge in [-0.1, -0.05) is 55.7 Å². The van der Waals surface area contributed by atoms with Gasteiger partial charge in [0.15, 0.2) is 0 Å². The van der Waals surface area contributed by atoms with Crippen molar-refractivity contribution >= 4 is 60.8 Å². The number of benzene rings is 1. The molecule has 1 atom stereocenters. The number of carbonyl (C=O) groups is 3. The number of rotatable bonds is 14. The highest BCUT2D eigenvalue weighted by atomic mass is 33.1. The zero-order valence-corrected chi connectivity index (χ0v) is 19.9. The standard InChI is InChI=1S/C20H27NO5S4/c22-15(11-14-5-6-18(23)17(12-14)20(25)26)13-29-27-10-8-21-19(24)4-2-1-3-16-7-9-28-30-16/h5-6,12,16,23H,1-4,7-11,13H2,(H,21,24)(H,25,26). The quantitative estimate of drug-likeness (QED) is 0.259. The minimum Gasteiger partial charge on any atom is -0.507 e. The molecule has 6 nitrogen and oxygen atoms in total. The monoisotopic (exact) mass is 489 g/mol. The van der Waals surface area contributed by atoms with Gasteiger partial charge >= 0.3 is 5.97 Å². The second-order valence-corrected chi connectivity index (χ2v) is 12.3. The molecule has 30 heavy (non-hydrogen) atoms. The van der Waals surface area contributed by atoms with E-state index in [9.17, 15) is 19.5 Å². The van der Waals surface area contributed by atoms with Gasteiger partial charge in [-0.25, -0.2) is 4.79 Å². The van der Waals surface area contributed by atoms with Crippen LogP contribution in [0.1, 0.15) is 48.0 Å². The van der Waals surface area contributed by atoms with Crippen LogP contribution in [-0.2, 0) is 16.0 Å². The zero-order valence-electron chi connectivity index (χ0n) is 16.6. The van der Waals surface area contributed by atoms with E-state index in [0.29, 0.717) is 24.3 Å². The molecule has 0 spiro atoms. The summed E-state index contributed by atoms with van der Waals surface area (Å²) in [6, 6.07) is 4.18. The third kappa shape index (κ3) is 9.89. The molecule has 10 heteroatoms. The van der Waals surface area contributed by atoms with E-state index in [4.69, 9.17) is 5.11 Å². The summed E-state index contributed by atoms with van der Waals surface area (Å²) in [6.45, 7) is 0.583. The predicted octanol–water partition coefficient (Wildman–Crippen LogP) is 4.41. The van der Waals surface area contributed by atoms with Crippen molar-refractivity contribution in [1.29, 1.82) is 0 Å². The minimum atomic E-state index is -1.22. The number of ketones is 1. The average Bonchev–Trinajstić information content (AvgIpc) is 3.22. The second-order valence-electron chi connectivity index (χ2n) is 6.88. The van der Waals surface area contributed by atoms with E-state index in [1.807, 2.05) is 21.6 Å². The molecule has 1 amide bonds. The lowest BCUT2D eigenvalue weighted by Crippen LogP contribution is -2.25. The normalized spacial score (nSPS) is 15.8. The van der Waals surface area contributed by atoms with Crippen LogP contribution in [0.5, 0.6) is 5.75 Å². The largest absolute Gasteiger partial charge is 0.507 e. The first-order valence-electron chi connectivity index (χ1n) is 9.82. The van der Waals surface area contributed by atoms with E-state index in [1.54, 1.807) is 6.07 Å². The molecule has 1 aliphatic heterocycles. The molecule has 0 aliphatic carbocycles. The molecule has 1 heterocycles. The Labute approximate surface area is 192 Å². The Kier molecular flexibility index (Phi) is 11.9. The lowest BCUT2D eigenvalue weighted by Gasteiger charge is -2.07. The van der Waals surface area contributed by atoms with Gasteiger partial charge in [0.1, 0.15) is 17.1 Å². The summed E-state index contributed by atoms with van der Waals surface area (Å²) in [7, 11) is 6.89. The van der Waals surface area contributed by atoms with E-state index >= 15 is 0 Å². The molecule has 1 saturated heterocycles. The maximum atomic E-state index is 12.0. The number of hydrogen-bond acceptors (Lipinski definition) is 8. The van der Waals surface area contributed by atoms with Crippen LogP contribution in [0, 0.1) is 0 Å². The van der Waals surface area contributed by atoms with Crippen LogP contribution < -0.4 is 5.32 Å². The summed E-state index contributed by atoms with van der Waals surface area (Å²) >= 11 is 0. The Hall–Kier alpha value is -0.970.